The Hall–Kier alpha value is 0.0500. The molecular formula is C12H19BrN2O2S2. The van der Waals surface area contributed by atoms with Crippen LogP contribution in [0.4, 0.5) is 0 Å². The van der Waals surface area contributed by atoms with Gasteiger partial charge in [-0.25, -0.2) is 8.42 Å². The monoisotopic (exact) mass is 366 g/mol. The summed E-state index contributed by atoms with van der Waals surface area (Å²) in [4.78, 5) is 1.28. The van der Waals surface area contributed by atoms with E-state index in [9.17, 15) is 8.42 Å². The van der Waals surface area contributed by atoms with Gasteiger partial charge in [-0.1, -0.05) is 6.42 Å². The lowest BCUT2D eigenvalue weighted by Gasteiger charge is -2.34. The Kier molecular flexibility index (Phi) is 5.05. The van der Waals surface area contributed by atoms with Crippen molar-refractivity contribution in [2.45, 2.75) is 43.5 Å². The number of hydrogen-bond acceptors (Lipinski definition) is 4. The topological polar surface area (TPSA) is 63.4 Å². The van der Waals surface area contributed by atoms with Gasteiger partial charge in [0.05, 0.1) is 8.68 Å². The Morgan fingerprint density at radius 3 is 2.84 bits per heavy atom. The fraction of sp³-hybridized carbons (Fsp3) is 0.667. The smallest absolute Gasteiger partial charge is 0.244 e. The van der Waals surface area contributed by atoms with Crippen molar-refractivity contribution in [1.29, 1.82) is 0 Å². The fourth-order valence-electron chi connectivity index (χ4n) is 2.58. The summed E-state index contributed by atoms with van der Waals surface area (Å²) < 4.78 is 28.1. The first-order valence-electron chi connectivity index (χ1n) is 6.44. The second-order valence-corrected chi connectivity index (χ2v) is 9.31. The van der Waals surface area contributed by atoms with E-state index in [2.05, 4.69) is 15.9 Å². The lowest BCUT2D eigenvalue weighted by atomic mass is 10.0. The molecule has 1 unspecified atom stereocenters. The summed E-state index contributed by atoms with van der Waals surface area (Å²) in [5, 5.41) is 0. The van der Waals surface area contributed by atoms with Crippen LogP contribution in [0.15, 0.2) is 14.7 Å². The molecule has 108 valence electrons. The Labute approximate surface area is 127 Å². The summed E-state index contributed by atoms with van der Waals surface area (Å²) in [6.07, 6.45) is 3.68. The van der Waals surface area contributed by atoms with E-state index >= 15 is 0 Å². The molecule has 0 aromatic carbocycles. The molecule has 1 atom stereocenters. The van der Waals surface area contributed by atoms with Gasteiger partial charge in [-0.3, -0.25) is 0 Å². The van der Waals surface area contributed by atoms with Gasteiger partial charge in [-0.2, -0.15) is 4.31 Å². The second kappa shape index (κ2) is 6.22. The number of aryl methyl sites for hydroxylation is 1. The molecule has 1 aliphatic rings. The van der Waals surface area contributed by atoms with E-state index in [-0.39, 0.29) is 6.04 Å². The Morgan fingerprint density at radius 1 is 1.53 bits per heavy atom. The Bertz CT molecular complexity index is 540. The first-order valence-corrected chi connectivity index (χ1v) is 9.49. The largest absolute Gasteiger partial charge is 0.330 e. The molecule has 1 aromatic rings. The van der Waals surface area contributed by atoms with Crippen molar-refractivity contribution >= 4 is 37.3 Å². The Morgan fingerprint density at radius 2 is 2.26 bits per heavy atom. The minimum atomic E-state index is -3.39. The average molecular weight is 367 g/mol. The number of hydrogen-bond donors (Lipinski definition) is 1. The number of thiophene rings is 1. The van der Waals surface area contributed by atoms with Gasteiger partial charge < -0.3 is 5.73 Å². The van der Waals surface area contributed by atoms with Gasteiger partial charge in [-0.05, 0) is 54.7 Å². The normalized spacial score (nSPS) is 21.7. The van der Waals surface area contributed by atoms with Gasteiger partial charge in [0.1, 0.15) is 0 Å². The van der Waals surface area contributed by atoms with Gasteiger partial charge in [0.25, 0.3) is 0 Å². The molecule has 1 aliphatic heterocycles. The van der Waals surface area contributed by atoms with E-state index in [0.717, 1.165) is 34.3 Å². The molecule has 0 amide bonds. The predicted octanol–water partition coefficient (Wildman–Crippen LogP) is 2.71. The second-order valence-electron chi connectivity index (χ2n) is 4.81. The van der Waals surface area contributed by atoms with Gasteiger partial charge in [0, 0.05) is 17.5 Å². The van der Waals surface area contributed by atoms with Crippen molar-refractivity contribution in [1.82, 2.24) is 4.31 Å². The average Bonchev–Trinajstić information content (AvgIpc) is 2.70. The van der Waals surface area contributed by atoms with Gasteiger partial charge in [-0.15, -0.1) is 11.3 Å². The minimum absolute atomic E-state index is 0.0572. The zero-order chi connectivity index (χ0) is 14.0. The number of piperidine rings is 1. The van der Waals surface area contributed by atoms with Crippen LogP contribution in [0.25, 0.3) is 0 Å². The highest BCUT2D eigenvalue weighted by Gasteiger charge is 2.34. The lowest BCUT2D eigenvalue weighted by molar-refractivity contribution is 0.243. The van der Waals surface area contributed by atoms with Crippen molar-refractivity contribution in [2.75, 3.05) is 13.1 Å². The SMILES string of the molecule is Cc1sc(Br)cc1S(=O)(=O)N1CCCCC1CCN. The van der Waals surface area contributed by atoms with E-state index in [1.807, 2.05) is 6.92 Å². The zero-order valence-corrected chi connectivity index (χ0v) is 14.2. The fourth-order valence-corrected chi connectivity index (χ4v) is 6.69. The molecule has 4 nitrogen and oxygen atoms in total. The van der Waals surface area contributed by atoms with Gasteiger partial charge in [0.2, 0.25) is 10.0 Å². The van der Waals surface area contributed by atoms with Crippen LogP contribution in [-0.2, 0) is 10.0 Å². The molecule has 0 aliphatic carbocycles. The van der Waals surface area contributed by atoms with E-state index in [4.69, 9.17) is 5.73 Å². The van der Waals surface area contributed by atoms with E-state index < -0.39 is 10.0 Å². The van der Waals surface area contributed by atoms with Crippen LogP contribution in [0.5, 0.6) is 0 Å². The van der Waals surface area contributed by atoms with E-state index in [0.29, 0.717) is 18.0 Å². The number of nitrogens with zero attached hydrogens (tertiary/aromatic N) is 1. The van der Waals surface area contributed by atoms with Crippen molar-refractivity contribution in [3.05, 3.63) is 14.7 Å². The first-order chi connectivity index (χ1) is 8.96. The summed E-state index contributed by atoms with van der Waals surface area (Å²) in [6.45, 7) is 2.99. The molecule has 1 aromatic heterocycles. The highest BCUT2D eigenvalue weighted by molar-refractivity contribution is 9.11. The van der Waals surface area contributed by atoms with Gasteiger partial charge in [0.15, 0.2) is 0 Å². The van der Waals surface area contributed by atoms with Crippen LogP contribution in [-0.4, -0.2) is 31.9 Å². The summed E-state index contributed by atoms with van der Waals surface area (Å²) in [5.41, 5.74) is 5.61. The zero-order valence-electron chi connectivity index (χ0n) is 10.9. The van der Waals surface area contributed by atoms with Gasteiger partial charge >= 0.3 is 0 Å². The molecule has 2 N–H and O–H groups in total. The van der Waals surface area contributed by atoms with Crippen LogP contribution in [0.3, 0.4) is 0 Å². The lowest BCUT2D eigenvalue weighted by Crippen LogP contribution is -2.44. The quantitative estimate of drug-likeness (QED) is 0.890. The maximum atomic E-state index is 12.8. The predicted molar refractivity (Wildman–Crippen MR) is 82.0 cm³/mol. The summed E-state index contributed by atoms with van der Waals surface area (Å²) in [5.74, 6) is 0. The molecule has 19 heavy (non-hydrogen) atoms. The van der Waals surface area contributed by atoms with Crippen LogP contribution < -0.4 is 5.73 Å². The molecule has 1 fully saturated rings. The van der Waals surface area contributed by atoms with Crippen LogP contribution >= 0.6 is 27.3 Å². The van der Waals surface area contributed by atoms with Crippen LogP contribution in [0.1, 0.15) is 30.6 Å². The molecule has 0 radical (unpaired) electrons. The van der Waals surface area contributed by atoms with Crippen LogP contribution in [0.2, 0.25) is 0 Å². The van der Waals surface area contributed by atoms with Crippen molar-refractivity contribution in [2.24, 2.45) is 5.73 Å². The molecule has 0 spiro atoms. The molecule has 2 rings (SSSR count). The van der Waals surface area contributed by atoms with Crippen molar-refractivity contribution < 1.29 is 8.42 Å². The van der Waals surface area contributed by atoms with Crippen LogP contribution in [0, 0.1) is 6.92 Å². The molecule has 7 heteroatoms. The molecular weight excluding hydrogens is 348 g/mol. The number of rotatable bonds is 4. The number of halogens is 1. The van der Waals surface area contributed by atoms with E-state index in [1.165, 1.54) is 11.3 Å². The third-order valence-electron chi connectivity index (χ3n) is 3.50. The van der Waals surface area contributed by atoms with E-state index in [1.54, 1.807) is 10.4 Å². The summed E-state index contributed by atoms with van der Waals surface area (Å²) in [6, 6.07) is 1.77. The Balaban J connectivity index is 2.34. The third-order valence-corrected chi connectivity index (χ3v) is 7.26. The molecule has 1 saturated heterocycles. The number of nitrogens with two attached hydrogens (primary N) is 1. The summed E-state index contributed by atoms with van der Waals surface area (Å²) in [7, 11) is -3.39. The van der Waals surface area contributed by atoms with Crippen molar-refractivity contribution in [3.63, 3.8) is 0 Å². The maximum absolute atomic E-state index is 12.8. The molecule has 2 heterocycles. The minimum Gasteiger partial charge on any atom is -0.330 e. The highest BCUT2D eigenvalue weighted by atomic mass is 79.9. The molecule has 0 bridgehead atoms. The van der Waals surface area contributed by atoms with Crippen molar-refractivity contribution in [3.8, 4) is 0 Å². The maximum Gasteiger partial charge on any atom is 0.244 e. The third kappa shape index (κ3) is 3.21. The molecule has 0 saturated carbocycles. The summed E-state index contributed by atoms with van der Waals surface area (Å²) >= 11 is 4.82. The number of sulfonamides is 1. The standard InChI is InChI=1S/C12H19BrN2O2S2/c1-9-11(8-12(13)18-9)19(16,17)15-7-3-2-4-10(15)5-6-14/h8,10H,2-7,14H2,1H3. The first kappa shape index (κ1) is 15.4. The highest BCUT2D eigenvalue weighted by Crippen LogP contribution is 2.34.